The Labute approximate surface area is 169 Å². The van der Waals surface area contributed by atoms with E-state index in [4.69, 9.17) is 10.5 Å². The number of hydrogen-bond donors (Lipinski definition) is 2. The summed E-state index contributed by atoms with van der Waals surface area (Å²) in [5.41, 5.74) is 8.45. The van der Waals surface area contributed by atoms with Crippen LogP contribution < -0.4 is 11.1 Å². The first-order valence-electron chi connectivity index (χ1n) is 8.75. The van der Waals surface area contributed by atoms with Gasteiger partial charge in [0.2, 0.25) is 0 Å². The largest absolute Gasteiger partial charge is 0.373 e. The molecule has 1 saturated heterocycles. The first-order valence-corrected chi connectivity index (χ1v) is 8.75. The molecule has 25 heavy (non-hydrogen) atoms. The molecule has 0 aliphatic carbocycles. The molecule has 0 amide bonds. The highest BCUT2D eigenvalue weighted by Crippen LogP contribution is 2.17. The molecule has 0 radical (unpaired) electrons. The third-order valence-corrected chi connectivity index (χ3v) is 3.93. The fraction of sp³-hybridized carbons (Fsp3) is 0.632. The number of rotatable bonds is 4. The average Bonchev–Trinajstić information content (AvgIpc) is 2.43. The molecule has 2 unspecified atom stereocenters. The van der Waals surface area contributed by atoms with Crippen molar-refractivity contribution in [3.8, 4) is 0 Å². The van der Waals surface area contributed by atoms with Gasteiger partial charge in [-0.2, -0.15) is 0 Å². The minimum absolute atomic E-state index is 0. The van der Waals surface area contributed by atoms with Crippen molar-refractivity contribution in [1.29, 1.82) is 0 Å². The zero-order valence-corrected chi connectivity index (χ0v) is 18.4. The molecule has 2 atom stereocenters. The van der Waals surface area contributed by atoms with E-state index < -0.39 is 0 Å². The minimum Gasteiger partial charge on any atom is -0.373 e. The summed E-state index contributed by atoms with van der Waals surface area (Å²) < 4.78 is 5.82. The molecule has 1 fully saturated rings. The first-order chi connectivity index (χ1) is 11.2. The van der Waals surface area contributed by atoms with Gasteiger partial charge in [-0.1, -0.05) is 24.3 Å². The third-order valence-electron chi connectivity index (χ3n) is 3.93. The number of nitrogens with one attached hydrogen (secondary N) is 1. The van der Waals surface area contributed by atoms with E-state index >= 15 is 0 Å². The molecule has 0 bridgehead atoms. The maximum atomic E-state index is 5.99. The van der Waals surface area contributed by atoms with Crippen molar-refractivity contribution in [3.05, 3.63) is 35.4 Å². The van der Waals surface area contributed by atoms with E-state index in [1.54, 1.807) is 0 Å². The Morgan fingerprint density at radius 1 is 1.20 bits per heavy atom. The lowest BCUT2D eigenvalue weighted by molar-refractivity contribution is -0.0705. The van der Waals surface area contributed by atoms with Crippen LogP contribution in [-0.2, 0) is 17.8 Å². The topological polar surface area (TPSA) is 62.9 Å². The van der Waals surface area contributed by atoms with E-state index in [2.05, 4.69) is 74.1 Å². The molecule has 1 aliphatic heterocycles. The van der Waals surface area contributed by atoms with Crippen molar-refractivity contribution in [2.24, 2.45) is 10.7 Å². The van der Waals surface area contributed by atoms with Gasteiger partial charge in [0.05, 0.1) is 18.8 Å². The number of halogens is 1. The zero-order chi connectivity index (χ0) is 17.7. The van der Waals surface area contributed by atoms with Crippen LogP contribution in [-0.4, -0.2) is 41.7 Å². The fourth-order valence-corrected chi connectivity index (χ4v) is 3.11. The Bertz CT molecular complexity index is 561. The quantitative estimate of drug-likeness (QED) is 0.412. The number of morpholine rings is 1. The van der Waals surface area contributed by atoms with Crippen LogP contribution in [0.2, 0.25) is 0 Å². The highest BCUT2D eigenvalue weighted by Gasteiger charge is 2.22. The van der Waals surface area contributed by atoms with Crippen molar-refractivity contribution in [2.45, 2.75) is 65.5 Å². The van der Waals surface area contributed by atoms with Gasteiger partial charge in [0, 0.05) is 25.2 Å². The summed E-state index contributed by atoms with van der Waals surface area (Å²) in [6, 6.07) is 8.47. The van der Waals surface area contributed by atoms with Crippen LogP contribution in [0.15, 0.2) is 29.3 Å². The molecule has 142 valence electrons. The van der Waals surface area contributed by atoms with Crippen LogP contribution in [0, 0.1) is 0 Å². The molecular weight excluding hydrogens is 427 g/mol. The van der Waals surface area contributed by atoms with E-state index in [9.17, 15) is 0 Å². The summed E-state index contributed by atoms with van der Waals surface area (Å²) in [4.78, 5) is 6.96. The average molecular weight is 460 g/mol. The highest BCUT2D eigenvalue weighted by molar-refractivity contribution is 14.0. The molecule has 2 rings (SSSR count). The van der Waals surface area contributed by atoms with Gasteiger partial charge in [0.15, 0.2) is 5.96 Å². The van der Waals surface area contributed by atoms with Crippen LogP contribution in [0.5, 0.6) is 0 Å². The summed E-state index contributed by atoms with van der Waals surface area (Å²) in [5, 5.41) is 3.20. The standard InChI is InChI=1S/C19H32N4O.HI/c1-14-11-23(12-15(2)24-14)13-17-9-7-6-8-16(17)10-21-18(20)22-19(3,4)5;/h6-9,14-15H,10-13H2,1-5H3,(H3,20,21,22);1H. The fourth-order valence-electron chi connectivity index (χ4n) is 3.11. The molecule has 5 nitrogen and oxygen atoms in total. The van der Waals surface area contributed by atoms with Crippen molar-refractivity contribution in [2.75, 3.05) is 13.1 Å². The smallest absolute Gasteiger partial charge is 0.189 e. The second kappa shape index (κ2) is 9.73. The number of nitrogens with two attached hydrogens (primary N) is 1. The number of aliphatic imine (C=N–C) groups is 1. The minimum atomic E-state index is -0.0762. The first kappa shape index (κ1) is 22.2. The molecule has 3 N–H and O–H groups in total. The lowest BCUT2D eigenvalue weighted by Gasteiger charge is -2.35. The molecule has 0 saturated carbocycles. The predicted molar refractivity (Wildman–Crippen MR) is 115 cm³/mol. The van der Waals surface area contributed by atoms with Crippen LogP contribution in [0.25, 0.3) is 0 Å². The van der Waals surface area contributed by atoms with Gasteiger partial charge >= 0.3 is 0 Å². The maximum Gasteiger partial charge on any atom is 0.189 e. The Kier molecular flexibility index (Phi) is 8.63. The molecule has 0 spiro atoms. The highest BCUT2D eigenvalue weighted by atomic mass is 127. The van der Waals surface area contributed by atoms with Crippen molar-refractivity contribution in [3.63, 3.8) is 0 Å². The van der Waals surface area contributed by atoms with Gasteiger partial charge in [-0.15, -0.1) is 24.0 Å². The Morgan fingerprint density at radius 2 is 1.76 bits per heavy atom. The lowest BCUT2D eigenvalue weighted by atomic mass is 10.1. The lowest BCUT2D eigenvalue weighted by Crippen LogP contribution is -2.45. The van der Waals surface area contributed by atoms with Gasteiger partial charge in [0.25, 0.3) is 0 Å². The van der Waals surface area contributed by atoms with Gasteiger partial charge in [-0.25, -0.2) is 4.99 Å². The predicted octanol–water partition coefficient (Wildman–Crippen LogP) is 3.12. The molecule has 0 aromatic heterocycles. The molecule has 1 aromatic carbocycles. The van der Waals surface area contributed by atoms with Gasteiger partial charge in [-0.3, -0.25) is 4.90 Å². The van der Waals surface area contributed by atoms with Gasteiger partial charge in [-0.05, 0) is 45.7 Å². The summed E-state index contributed by atoms with van der Waals surface area (Å²) in [6.45, 7) is 14.0. The van der Waals surface area contributed by atoms with Gasteiger partial charge in [0.1, 0.15) is 0 Å². The SMILES string of the molecule is CC1CN(Cc2ccccc2CN=C(N)NC(C)(C)C)CC(C)O1.I. The molecule has 1 aliphatic rings. The summed E-state index contributed by atoms with van der Waals surface area (Å²) in [5.74, 6) is 0.492. The number of ether oxygens (including phenoxy) is 1. The monoisotopic (exact) mass is 460 g/mol. The Morgan fingerprint density at radius 3 is 2.32 bits per heavy atom. The van der Waals surface area contributed by atoms with Crippen LogP contribution in [0.3, 0.4) is 0 Å². The van der Waals surface area contributed by atoms with E-state index in [0.29, 0.717) is 12.5 Å². The zero-order valence-electron chi connectivity index (χ0n) is 16.1. The Balaban J connectivity index is 0.00000312. The van der Waals surface area contributed by atoms with Crippen molar-refractivity contribution >= 4 is 29.9 Å². The van der Waals surface area contributed by atoms with Crippen molar-refractivity contribution < 1.29 is 4.74 Å². The van der Waals surface area contributed by atoms with Crippen LogP contribution in [0.1, 0.15) is 45.7 Å². The summed E-state index contributed by atoms with van der Waals surface area (Å²) in [6.07, 6.45) is 0.566. The van der Waals surface area contributed by atoms with E-state index in [0.717, 1.165) is 19.6 Å². The van der Waals surface area contributed by atoms with E-state index in [-0.39, 0.29) is 41.7 Å². The second-order valence-corrected chi connectivity index (χ2v) is 7.80. The van der Waals surface area contributed by atoms with E-state index in [1.807, 2.05) is 0 Å². The van der Waals surface area contributed by atoms with Crippen LogP contribution in [0.4, 0.5) is 0 Å². The summed E-state index contributed by atoms with van der Waals surface area (Å²) in [7, 11) is 0. The van der Waals surface area contributed by atoms with E-state index in [1.165, 1.54) is 11.1 Å². The number of hydrogen-bond acceptors (Lipinski definition) is 3. The molecule has 1 aromatic rings. The third kappa shape index (κ3) is 7.92. The van der Waals surface area contributed by atoms with Gasteiger partial charge < -0.3 is 15.8 Å². The summed E-state index contributed by atoms with van der Waals surface area (Å²) >= 11 is 0. The molecular formula is C19H33IN4O. The second-order valence-electron chi connectivity index (χ2n) is 7.80. The van der Waals surface area contributed by atoms with Crippen molar-refractivity contribution in [1.82, 2.24) is 10.2 Å². The molecule has 1 heterocycles. The number of guanidine groups is 1. The Hall–Kier alpha value is -0.860. The maximum absolute atomic E-state index is 5.99. The van der Waals surface area contributed by atoms with Crippen LogP contribution >= 0.6 is 24.0 Å². The number of nitrogens with zero attached hydrogens (tertiary/aromatic N) is 2. The molecule has 6 heteroatoms. The number of benzene rings is 1. The normalized spacial score (nSPS) is 22.4.